The molecule has 1 fully saturated rings. The molecule has 1 aliphatic carbocycles. The number of alkyl halides is 1. The standard InChI is InChI=1S/C14H20BrNO4/c1-4-6-10(14(17)20-5-2)11(8-15)13-9(3)7-12(13)16(18)19/h4,6,9,12-13H,5,7-8H2,1-3H3/b6-4-,11-10+. The highest BCUT2D eigenvalue weighted by molar-refractivity contribution is 9.09. The monoisotopic (exact) mass is 345 g/mol. The van der Waals surface area contributed by atoms with Gasteiger partial charge >= 0.3 is 5.97 Å². The predicted molar refractivity (Wildman–Crippen MR) is 80.3 cm³/mol. The molecule has 0 saturated heterocycles. The smallest absolute Gasteiger partial charge is 0.338 e. The first-order valence-corrected chi connectivity index (χ1v) is 7.82. The predicted octanol–water partition coefficient (Wildman–Crippen LogP) is 3.12. The van der Waals surface area contributed by atoms with Crippen LogP contribution in [0.25, 0.3) is 0 Å². The summed E-state index contributed by atoms with van der Waals surface area (Å²) in [6.45, 7) is 5.81. The number of allylic oxidation sites excluding steroid dienone is 1. The lowest BCUT2D eigenvalue weighted by Crippen LogP contribution is -2.47. The van der Waals surface area contributed by atoms with Gasteiger partial charge < -0.3 is 4.74 Å². The second-order valence-corrected chi connectivity index (χ2v) is 5.45. The van der Waals surface area contributed by atoms with Crippen molar-refractivity contribution in [2.24, 2.45) is 11.8 Å². The number of ether oxygens (including phenoxy) is 1. The van der Waals surface area contributed by atoms with Crippen LogP contribution in [0.4, 0.5) is 0 Å². The van der Waals surface area contributed by atoms with E-state index in [1.165, 1.54) is 0 Å². The van der Waals surface area contributed by atoms with Gasteiger partial charge in [0.25, 0.3) is 0 Å². The molecule has 0 aromatic heterocycles. The summed E-state index contributed by atoms with van der Waals surface area (Å²) in [7, 11) is 0. The Labute approximate surface area is 127 Å². The van der Waals surface area contributed by atoms with Gasteiger partial charge in [0.15, 0.2) is 0 Å². The van der Waals surface area contributed by atoms with Crippen LogP contribution in [0, 0.1) is 22.0 Å². The largest absolute Gasteiger partial charge is 0.462 e. The third kappa shape index (κ3) is 3.48. The number of hydrogen-bond donors (Lipinski definition) is 0. The fourth-order valence-electron chi connectivity index (χ4n) is 2.67. The molecule has 0 amide bonds. The normalized spacial score (nSPS) is 26.9. The summed E-state index contributed by atoms with van der Waals surface area (Å²) in [6.07, 6.45) is 3.98. The summed E-state index contributed by atoms with van der Waals surface area (Å²) < 4.78 is 5.05. The molecular formula is C14H20BrNO4. The fourth-order valence-corrected chi connectivity index (χ4v) is 3.35. The maximum Gasteiger partial charge on any atom is 0.338 e. The number of esters is 1. The maximum atomic E-state index is 12.0. The molecule has 0 heterocycles. The van der Waals surface area contributed by atoms with Crippen molar-refractivity contribution in [2.45, 2.75) is 33.2 Å². The van der Waals surface area contributed by atoms with Gasteiger partial charge in [-0.15, -0.1) is 0 Å². The highest BCUT2D eigenvalue weighted by atomic mass is 79.9. The van der Waals surface area contributed by atoms with E-state index < -0.39 is 12.0 Å². The lowest BCUT2D eigenvalue weighted by atomic mass is 9.66. The molecule has 0 aliphatic heterocycles. The van der Waals surface area contributed by atoms with Crippen molar-refractivity contribution in [3.8, 4) is 0 Å². The van der Waals surface area contributed by atoms with Crippen LogP contribution in [0.15, 0.2) is 23.3 Å². The molecule has 0 aromatic rings. The SMILES string of the molecule is C/C=C\C(C(=O)OCC)=C(\CBr)C1C(C)CC1[N+](=O)[O-]. The molecule has 0 N–H and O–H groups in total. The average Bonchev–Trinajstić information content (AvgIpc) is 2.39. The number of rotatable bonds is 6. The Bertz CT molecular complexity index is 444. The zero-order chi connectivity index (χ0) is 15.3. The first-order valence-electron chi connectivity index (χ1n) is 6.70. The van der Waals surface area contributed by atoms with Crippen LogP contribution >= 0.6 is 15.9 Å². The molecule has 0 aromatic carbocycles. The van der Waals surface area contributed by atoms with Crippen molar-refractivity contribution in [1.29, 1.82) is 0 Å². The van der Waals surface area contributed by atoms with Gasteiger partial charge in [-0.05, 0) is 25.3 Å². The molecule has 3 unspecified atom stereocenters. The van der Waals surface area contributed by atoms with E-state index >= 15 is 0 Å². The molecule has 3 atom stereocenters. The number of nitro groups is 1. The second-order valence-electron chi connectivity index (χ2n) is 4.88. The van der Waals surface area contributed by atoms with E-state index in [1.54, 1.807) is 26.0 Å². The fraction of sp³-hybridized carbons (Fsp3) is 0.643. The minimum Gasteiger partial charge on any atom is -0.462 e. The van der Waals surface area contributed by atoms with Crippen molar-refractivity contribution >= 4 is 21.9 Å². The molecule has 20 heavy (non-hydrogen) atoms. The molecule has 1 rings (SSSR count). The molecule has 0 radical (unpaired) electrons. The Kier molecular flexibility index (Phi) is 6.39. The molecule has 5 nitrogen and oxygen atoms in total. The van der Waals surface area contributed by atoms with E-state index in [1.807, 2.05) is 6.92 Å². The Hall–Kier alpha value is -1.17. The van der Waals surface area contributed by atoms with E-state index in [2.05, 4.69) is 15.9 Å². The summed E-state index contributed by atoms with van der Waals surface area (Å²) in [6, 6.07) is -0.604. The van der Waals surface area contributed by atoms with Crippen molar-refractivity contribution in [3.63, 3.8) is 0 Å². The Morgan fingerprint density at radius 1 is 1.55 bits per heavy atom. The molecule has 0 bridgehead atoms. The molecule has 1 aliphatic rings. The van der Waals surface area contributed by atoms with E-state index in [0.717, 1.165) is 5.57 Å². The van der Waals surface area contributed by atoms with Crippen LogP contribution in [-0.4, -0.2) is 28.9 Å². The van der Waals surface area contributed by atoms with E-state index in [0.29, 0.717) is 17.3 Å². The summed E-state index contributed by atoms with van der Waals surface area (Å²) in [5.41, 5.74) is 1.21. The van der Waals surface area contributed by atoms with Crippen LogP contribution < -0.4 is 0 Å². The Balaban J connectivity index is 3.19. The van der Waals surface area contributed by atoms with Crippen molar-refractivity contribution < 1.29 is 14.5 Å². The number of hydrogen-bond acceptors (Lipinski definition) is 4. The Morgan fingerprint density at radius 3 is 2.60 bits per heavy atom. The summed E-state index contributed by atoms with van der Waals surface area (Å²) in [5.74, 6) is -0.422. The van der Waals surface area contributed by atoms with Gasteiger partial charge in [-0.2, -0.15) is 0 Å². The summed E-state index contributed by atoms with van der Waals surface area (Å²) in [4.78, 5) is 22.9. The van der Waals surface area contributed by atoms with Crippen LogP contribution in [0.3, 0.4) is 0 Å². The first kappa shape index (κ1) is 16.9. The zero-order valence-corrected chi connectivity index (χ0v) is 13.6. The van der Waals surface area contributed by atoms with Crippen LogP contribution in [0.5, 0.6) is 0 Å². The summed E-state index contributed by atoms with van der Waals surface area (Å²) >= 11 is 3.36. The number of carbonyl (C=O) groups is 1. The van der Waals surface area contributed by atoms with Gasteiger partial charge in [-0.3, -0.25) is 10.1 Å². The second kappa shape index (κ2) is 7.57. The minimum absolute atomic E-state index is 0.202. The van der Waals surface area contributed by atoms with E-state index in [-0.39, 0.29) is 23.4 Å². The van der Waals surface area contributed by atoms with Crippen molar-refractivity contribution in [3.05, 3.63) is 33.4 Å². The Morgan fingerprint density at radius 2 is 2.20 bits per heavy atom. The number of carbonyl (C=O) groups excluding carboxylic acids is 1. The number of halogens is 1. The van der Waals surface area contributed by atoms with E-state index in [9.17, 15) is 14.9 Å². The van der Waals surface area contributed by atoms with Crippen LogP contribution in [0.2, 0.25) is 0 Å². The minimum atomic E-state index is -0.604. The molecule has 1 saturated carbocycles. The lowest BCUT2D eigenvalue weighted by Gasteiger charge is -2.38. The quantitative estimate of drug-likeness (QED) is 0.185. The number of nitrogens with zero attached hydrogens (tertiary/aromatic N) is 1. The van der Waals surface area contributed by atoms with Gasteiger partial charge in [0.2, 0.25) is 6.04 Å². The highest BCUT2D eigenvalue weighted by Gasteiger charge is 2.49. The zero-order valence-electron chi connectivity index (χ0n) is 12.0. The highest BCUT2D eigenvalue weighted by Crippen LogP contribution is 2.43. The topological polar surface area (TPSA) is 69.4 Å². The summed E-state index contributed by atoms with van der Waals surface area (Å²) in [5, 5.41) is 11.5. The van der Waals surface area contributed by atoms with Crippen molar-refractivity contribution in [2.75, 3.05) is 11.9 Å². The van der Waals surface area contributed by atoms with E-state index in [4.69, 9.17) is 4.74 Å². The first-order chi connectivity index (χ1) is 9.47. The van der Waals surface area contributed by atoms with Gasteiger partial charge in [0.05, 0.1) is 18.1 Å². The third-order valence-electron chi connectivity index (χ3n) is 3.63. The van der Waals surface area contributed by atoms with Gasteiger partial charge in [-0.25, -0.2) is 4.79 Å². The lowest BCUT2D eigenvalue weighted by molar-refractivity contribution is -0.550. The van der Waals surface area contributed by atoms with Gasteiger partial charge in [0.1, 0.15) is 0 Å². The average molecular weight is 346 g/mol. The molecule has 0 spiro atoms. The van der Waals surface area contributed by atoms with Gasteiger partial charge in [-0.1, -0.05) is 35.0 Å². The molecular weight excluding hydrogens is 326 g/mol. The molecule has 6 heteroatoms. The third-order valence-corrected chi connectivity index (χ3v) is 4.24. The van der Waals surface area contributed by atoms with Gasteiger partial charge in [0, 0.05) is 16.7 Å². The maximum absolute atomic E-state index is 12.0. The molecule has 112 valence electrons. The van der Waals surface area contributed by atoms with Crippen molar-refractivity contribution in [1.82, 2.24) is 0 Å². The van der Waals surface area contributed by atoms with Crippen LogP contribution in [0.1, 0.15) is 27.2 Å². The van der Waals surface area contributed by atoms with Crippen LogP contribution in [-0.2, 0) is 9.53 Å².